The lowest BCUT2D eigenvalue weighted by Gasteiger charge is -2.12. The molecule has 5 nitrogen and oxygen atoms in total. The maximum atomic E-state index is 8.58. The largest absolute Gasteiger partial charge is 0.494 e. The molecule has 0 aliphatic heterocycles. The van der Waals surface area contributed by atoms with Crippen molar-refractivity contribution in [2.75, 3.05) is 13.2 Å². The van der Waals surface area contributed by atoms with Crippen molar-refractivity contribution in [1.29, 1.82) is 5.26 Å². The Labute approximate surface area is 165 Å². The van der Waals surface area contributed by atoms with Crippen LogP contribution in [-0.4, -0.2) is 13.2 Å². The van der Waals surface area contributed by atoms with Crippen molar-refractivity contribution in [2.45, 2.75) is 39.3 Å². The smallest absolute Gasteiger partial charge is 0.176 e. The summed E-state index contributed by atoms with van der Waals surface area (Å²) in [6.07, 6.45) is 1.26. The molecule has 0 spiro atoms. The summed E-state index contributed by atoms with van der Waals surface area (Å²) in [5, 5.41) is 13.1. The van der Waals surface area contributed by atoms with Crippen LogP contribution in [0.15, 0.2) is 52.9 Å². The molecular weight excluding hydrogens is 352 g/mol. The predicted octanol–water partition coefficient (Wildman–Crippen LogP) is 5.36. The van der Waals surface area contributed by atoms with Crippen molar-refractivity contribution in [2.24, 2.45) is 0 Å². The third-order valence-corrected chi connectivity index (χ3v) is 4.47. The van der Waals surface area contributed by atoms with Crippen LogP contribution in [-0.2, 0) is 6.54 Å². The van der Waals surface area contributed by atoms with Gasteiger partial charge in [-0.05, 0) is 50.1 Å². The van der Waals surface area contributed by atoms with Gasteiger partial charge in [-0.3, -0.25) is 0 Å². The minimum atomic E-state index is 0.0575. The molecule has 146 valence electrons. The molecule has 2 aromatic carbocycles. The van der Waals surface area contributed by atoms with Gasteiger partial charge in [0.1, 0.15) is 11.5 Å². The molecule has 1 atom stereocenters. The van der Waals surface area contributed by atoms with Crippen LogP contribution in [0.3, 0.4) is 0 Å². The number of hydrogen-bond acceptors (Lipinski definition) is 5. The van der Waals surface area contributed by atoms with Crippen LogP contribution in [0.5, 0.6) is 11.5 Å². The Hall–Kier alpha value is -2.97. The zero-order valence-corrected chi connectivity index (χ0v) is 16.4. The van der Waals surface area contributed by atoms with E-state index in [4.69, 9.17) is 19.2 Å². The molecule has 1 N–H and O–H groups in total. The minimum Gasteiger partial charge on any atom is -0.494 e. The van der Waals surface area contributed by atoms with E-state index in [1.165, 1.54) is 0 Å². The number of nitrogens with zero attached hydrogens (tertiary/aromatic N) is 1. The number of nitrogens with one attached hydrogen (secondary N) is 1. The van der Waals surface area contributed by atoms with Crippen molar-refractivity contribution < 1.29 is 13.9 Å². The summed E-state index contributed by atoms with van der Waals surface area (Å²) in [6.45, 7) is 5.92. The van der Waals surface area contributed by atoms with E-state index >= 15 is 0 Å². The maximum Gasteiger partial charge on any atom is 0.176 e. The van der Waals surface area contributed by atoms with Gasteiger partial charge >= 0.3 is 0 Å². The van der Waals surface area contributed by atoms with E-state index in [0.29, 0.717) is 26.2 Å². The summed E-state index contributed by atoms with van der Waals surface area (Å²) >= 11 is 0. The van der Waals surface area contributed by atoms with Crippen LogP contribution in [0, 0.1) is 11.3 Å². The van der Waals surface area contributed by atoms with E-state index in [9.17, 15) is 0 Å². The van der Waals surface area contributed by atoms with Crippen LogP contribution in [0.25, 0.3) is 11.0 Å². The Morgan fingerprint density at radius 2 is 2.00 bits per heavy atom. The number of benzene rings is 2. The third-order valence-electron chi connectivity index (χ3n) is 4.47. The normalized spacial score (nSPS) is 11.9. The average molecular weight is 378 g/mol. The van der Waals surface area contributed by atoms with Crippen molar-refractivity contribution in [1.82, 2.24) is 5.32 Å². The Balaban J connectivity index is 1.61. The van der Waals surface area contributed by atoms with Gasteiger partial charge in [0.15, 0.2) is 11.3 Å². The first kappa shape index (κ1) is 19.8. The molecule has 0 fully saturated rings. The molecule has 28 heavy (non-hydrogen) atoms. The van der Waals surface area contributed by atoms with E-state index in [2.05, 4.69) is 30.4 Å². The Bertz CT molecular complexity index is 942. The van der Waals surface area contributed by atoms with Gasteiger partial charge in [0.05, 0.1) is 25.3 Å². The molecule has 1 heterocycles. The van der Waals surface area contributed by atoms with E-state index in [1.807, 2.05) is 43.3 Å². The molecule has 3 aromatic rings. The molecule has 0 saturated carbocycles. The second-order valence-corrected chi connectivity index (χ2v) is 6.62. The lowest BCUT2D eigenvalue weighted by molar-refractivity contribution is 0.312. The molecular formula is C23H26N2O3. The lowest BCUT2D eigenvalue weighted by Crippen LogP contribution is -2.17. The van der Waals surface area contributed by atoms with Crippen LogP contribution in [0.4, 0.5) is 0 Å². The Morgan fingerprint density at radius 1 is 1.14 bits per heavy atom. The summed E-state index contributed by atoms with van der Waals surface area (Å²) in [4.78, 5) is 0. The zero-order chi connectivity index (χ0) is 19.8. The van der Waals surface area contributed by atoms with Crippen molar-refractivity contribution >= 4 is 11.0 Å². The second kappa shape index (κ2) is 9.82. The van der Waals surface area contributed by atoms with Gasteiger partial charge in [0, 0.05) is 18.4 Å². The van der Waals surface area contributed by atoms with Crippen molar-refractivity contribution in [3.8, 4) is 17.6 Å². The summed E-state index contributed by atoms with van der Waals surface area (Å²) < 4.78 is 17.4. The van der Waals surface area contributed by atoms with Gasteiger partial charge in [0.2, 0.25) is 0 Å². The van der Waals surface area contributed by atoms with E-state index in [-0.39, 0.29) is 6.04 Å². The van der Waals surface area contributed by atoms with Crippen LogP contribution < -0.4 is 14.8 Å². The van der Waals surface area contributed by atoms with Crippen LogP contribution >= 0.6 is 0 Å². The minimum absolute atomic E-state index is 0.0575. The maximum absolute atomic E-state index is 8.58. The number of ether oxygens (including phenoxy) is 2. The quantitative estimate of drug-likeness (QED) is 0.481. The molecule has 0 aliphatic rings. The van der Waals surface area contributed by atoms with Gasteiger partial charge < -0.3 is 19.2 Å². The van der Waals surface area contributed by atoms with Gasteiger partial charge in [-0.2, -0.15) is 5.26 Å². The number of unbranched alkanes of at least 4 members (excludes halogenated alkanes) is 1. The number of nitriles is 1. The first-order valence-electron chi connectivity index (χ1n) is 9.68. The third kappa shape index (κ3) is 5.05. The SMILES string of the molecule is CCOc1cccc2cc(C(C)NCc3cccc(OCCCC#N)c3)oc12. The molecule has 5 heteroatoms. The summed E-state index contributed by atoms with van der Waals surface area (Å²) in [6, 6.07) is 18.2. The first-order chi connectivity index (χ1) is 13.7. The fourth-order valence-electron chi connectivity index (χ4n) is 3.00. The Morgan fingerprint density at radius 3 is 2.82 bits per heavy atom. The zero-order valence-electron chi connectivity index (χ0n) is 16.4. The monoisotopic (exact) mass is 378 g/mol. The predicted molar refractivity (Wildman–Crippen MR) is 109 cm³/mol. The molecule has 0 amide bonds. The van der Waals surface area contributed by atoms with Gasteiger partial charge in [-0.25, -0.2) is 0 Å². The fraction of sp³-hybridized carbons (Fsp3) is 0.348. The summed E-state index contributed by atoms with van der Waals surface area (Å²) in [5.41, 5.74) is 1.93. The van der Waals surface area contributed by atoms with Gasteiger partial charge in [-0.15, -0.1) is 0 Å². The van der Waals surface area contributed by atoms with E-state index < -0.39 is 0 Å². The number of furan rings is 1. The van der Waals surface area contributed by atoms with Crippen molar-refractivity contribution in [3.05, 3.63) is 59.9 Å². The number of para-hydroxylation sites is 1. The highest BCUT2D eigenvalue weighted by Gasteiger charge is 2.14. The fourth-order valence-corrected chi connectivity index (χ4v) is 3.00. The number of fused-ring (bicyclic) bond motifs is 1. The number of rotatable bonds is 10. The van der Waals surface area contributed by atoms with E-state index in [1.54, 1.807) is 0 Å². The first-order valence-corrected chi connectivity index (χ1v) is 9.68. The molecule has 1 unspecified atom stereocenters. The second-order valence-electron chi connectivity index (χ2n) is 6.62. The highest BCUT2D eigenvalue weighted by Crippen LogP contribution is 2.31. The standard InChI is InChI=1S/C23H26N2O3/c1-3-26-21-11-7-9-19-15-22(28-23(19)21)17(2)25-16-18-8-6-10-20(14-18)27-13-5-4-12-24/h6-11,14-15,17,25H,3-5,13,16H2,1-2H3. The topological polar surface area (TPSA) is 67.4 Å². The van der Waals surface area contributed by atoms with Gasteiger partial charge in [0.25, 0.3) is 0 Å². The molecule has 0 saturated heterocycles. The molecule has 0 aliphatic carbocycles. The van der Waals surface area contributed by atoms with Crippen molar-refractivity contribution in [3.63, 3.8) is 0 Å². The highest BCUT2D eigenvalue weighted by atomic mass is 16.5. The number of hydrogen-bond donors (Lipinski definition) is 1. The summed E-state index contributed by atoms with van der Waals surface area (Å²) in [7, 11) is 0. The molecule has 0 radical (unpaired) electrons. The Kier molecular flexibility index (Phi) is 6.94. The highest BCUT2D eigenvalue weighted by molar-refractivity contribution is 5.83. The van der Waals surface area contributed by atoms with Crippen LogP contribution in [0.2, 0.25) is 0 Å². The summed E-state index contributed by atoms with van der Waals surface area (Å²) in [5.74, 6) is 2.49. The average Bonchev–Trinajstić information content (AvgIpc) is 3.15. The molecule has 1 aromatic heterocycles. The molecule has 3 rings (SSSR count). The molecule has 0 bridgehead atoms. The van der Waals surface area contributed by atoms with Crippen LogP contribution in [0.1, 0.15) is 44.1 Å². The van der Waals surface area contributed by atoms with Gasteiger partial charge in [-0.1, -0.05) is 24.3 Å². The lowest BCUT2D eigenvalue weighted by atomic mass is 10.1. The van der Waals surface area contributed by atoms with E-state index in [0.717, 1.165) is 40.2 Å².